The number of halogens is 1. The summed E-state index contributed by atoms with van der Waals surface area (Å²) in [7, 11) is 0. The monoisotopic (exact) mass is 330 g/mol. The maximum Gasteiger partial charge on any atom is 0.0644 e. The first-order valence-corrected chi connectivity index (χ1v) is 8.30. The Hall–Kier alpha value is -1.08. The molecule has 0 radical (unpaired) electrons. The van der Waals surface area contributed by atoms with Gasteiger partial charge >= 0.3 is 0 Å². The van der Waals surface area contributed by atoms with Crippen molar-refractivity contribution >= 4 is 15.9 Å². The molecule has 0 nitrogen and oxygen atoms in total. The van der Waals surface area contributed by atoms with Crippen LogP contribution in [0.5, 0.6) is 0 Å². The van der Waals surface area contributed by atoms with Gasteiger partial charge in [-0.05, 0) is 48.9 Å². The van der Waals surface area contributed by atoms with Crippen molar-refractivity contribution in [2.24, 2.45) is 0 Å². The van der Waals surface area contributed by atoms with E-state index in [1.807, 2.05) is 0 Å². The second kappa shape index (κ2) is 6.58. The zero-order valence-corrected chi connectivity index (χ0v) is 14.4. The van der Waals surface area contributed by atoms with Crippen molar-refractivity contribution in [3.8, 4) is 0 Å². The fourth-order valence-electron chi connectivity index (χ4n) is 2.83. The highest BCUT2D eigenvalue weighted by Crippen LogP contribution is 2.33. The molecule has 0 aliphatic carbocycles. The average molecular weight is 331 g/mol. The maximum absolute atomic E-state index is 3.87. The molecule has 0 saturated heterocycles. The molecule has 0 heterocycles. The Labute approximate surface area is 131 Å². The summed E-state index contributed by atoms with van der Waals surface area (Å²) in [6.07, 6.45) is 2.21. The molecule has 0 bridgehead atoms. The first-order valence-electron chi connectivity index (χ1n) is 7.39. The number of alkyl halides is 1. The van der Waals surface area contributed by atoms with E-state index < -0.39 is 0 Å². The minimum atomic E-state index is 0.275. The van der Waals surface area contributed by atoms with Crippen LogP contribution < -0.4 is 0 Å². The van der Waals surface area contributed by atoms with Gasteiger partial charge in [0.05, 0.1) is 4.83 Å². The Morgan fingerprint density at radius 1 is 0.800 bits per heavy atom. The van der Waals surface area contributed by atoms with E-state index in [0.29, 0.717) is 0 Å². The zero-order chi connectivity index (χ0) is 14.7. The third-order valence-corrected chi connectivity index (χ3v) is 4.88. The Balaban J connectivity index is 2.39. The van der Waals surface area contributed by atoms with Gasteiger partial charge in [0.2, 0.25) is 0 Å². The summed E-state index contributed by atoms with van der Waals surface area (Å²) in [5, 5.41) is 0. The van der Waals surface area contributed by atoms with E-state index in [0.717, 1.165) is 12.8 Å². The van der Waals surface area contributed by atoms with Crippen LogP contribution in [0.4, 0.5) is 0 Å². The van der Waals surface area contributed by atoms with Gasteiger partial charge in [-0.25, -0.2) is 0 Å². The van der Waals surface area contributed by atoms with Crippen molar-refractivity contribution in [3.63, 3.8) is 0 Å². The number of hydrogen-bond acceptors (Lipinski definition) is 0. The summed E-state index contributed by atoms with van der Waals surface area (Å²) < 4.78 is 0. The van der Waals surface area contributed by atoms with Crippen LogP contribution in [-0.2, 0) is 12.8 Å². The van der Waals surface area contributed by atoms with Crippen molar-refractivity contribution in [2.45, 2.75) is 45.4 Å². The Morgan fingerprint density at radius 3 is 1.95 bits per heavy atom. The quantitative estimate of drug-likeness (QED) is 0.611. The van der Waals surface area contributed by atoms with Crippen LogP contribution >= 0.6 is 15.9 Å². The predicted octanol–water partition coefficient (Wildman–Crippen LogP) is 5.91. The molecule has 2 rings (SSSR count). The van der Waals surface area contributed by atoms with E-state index in [9.17, 15) is 0 Å². The van der Waals surface area contributed by atoms with Gasteiger partial charge in [0, 0.05) is 0 Å². The van der Waals surface area contributed by atoms with Gasteiger partial charge in [-0.1, -0.05) is 77.3 Å². The Kier molecular flexibility index (Phi) is 5.04. The highest BCUT2D eigenvalue weighted by Gasteiger charge is 2.12. The third kappa shape index (κ3) is 3.32. The Morgan fingerprint density at radius 2 is 1.40 bits per heavy atom. The molecule has 106 valence electrons. The summed E-state index contributed by atoms with van der Waals surface area (Å²) in [5.41, 5.74) is 8.28. The molecule has 20 heavy (non-hydrogen) atoms. The smallest absolute Gasteiger partial charge is 0.0644 e. The van der Waals surface area contributed by atoms with Crippen LogP contribution in [0.15, 0.2) is 36.4 Å². The second-order valence-electron chi connectivity index (χ2n) is 5.52. The molecule has 0 fully saturated rings. The lowest BCUT2D eigenvalue weighted by molar-refractivity contribution is 1.02. The molecule has 2 aromatic rings. The normalized spacial score (nSPS) is 12.4. The van der Waals surface area contributed by atoms with Crippen molar-refractivity contribution in [1.29, 1.82) is 0 Å². The van der Waals surface area contributed by atoms with Gasteiger partial charge in [-0.2, -0.15) is 0 Å². The van der Waals surface area contributed by atoms with Crippen molar-refractivity contribution in [3.05, 3.63) is 69.8 Å². The minimum Gasteiger partial charge on any atom is -0.0786 e. The van der Waals surface area contributed by atoms with E-state index >= 15 is 0 Å². The molecule has 0 aromatic heterocycles. The molecule has 0 amide bonds. The molecule has 0 aliphatic rings. The van der Waals surface area contributed by atoms with Crippen molar-refractivity contribution in [1.82, 2.24) is 0 Å². The molecule has 0 saturated carbocycles. The average Bonchev–Trinajstić information content (AvgIpc) is 2.44. The van der Waals surface area contributed by atoms with Crippen molar-refractivity contribution in [2.75, 3.05) is 0 Å². The molecule has 0 aliphatic heterocycles. The predicted molar refractivity (Wildman–Crippen MR) is 91.9 cm³/mol. The largest absolute Gasteiger partial charge is 0.0786 e. The van der Waals surface area contributed by atoms with Crippen LogP contribution in [-0.4, -0.2) is 0 Å². The van der Waals surface area contributed by atoms with Gasteiger partial charge in [0.15, 0.2) is 0 Å². The van der Waals surface area contributed by atoms with E-state index in [1.165, 1.54) is 33.4 Å². The summed E-state index contributed by atoms with van der Waals surface area (Å²) in [6.45, 7) is 8.78. The SMILES string of the molecule is CCc1ccc(C(Br)c2cc(C)cc(C)c2)cc1CC. The number of hydrogen-bond donors (Lipinski definition) is 0. The van der Waals surface area contributed by atoms with Crippen molar-refractivity contribution < 1.29 is 0 Å². The number of aryl methyl sites for hydroxylation is 4. The highest BCUT2D eigenvalue weighted by atomic mass is 79.9. The minimum absolute atomic E-state index is 0.275. The fraction of sp³-hybridized carbons (Fsp3) is 0.368. The highest BCUT2D eigenvalue weighted by molar-refractivity contribution is 9.09. The van der Waals surface area contributed by atoms with Crippen LogP contribution in [0.25, 0.3) is 0 Å². The molecular formula is C19H23Br. The van der Waals surface area contributed by atoms with Crippen LogP contribution in [0.1, 0.15) is 52.1 Å². The third-order valence-electron chi connectivity index (χ3n) is 3.82. The lowest BCUT2D eigenvalue weighted by atomic mass is 9.95. The lowest BCUT2D eigenvalue weighted by Gasteiger charge is -2.15. The van der Waals surface area contributed by atoms with Gasteiger partial charge < -0.3 is 0 Å². The summed E-state index contributed by atoms with van der Waals surface area (Å²) in [4.78, 5) is 0.275. The van der Waals surface area contributed by atoms with E-state index in [4.69, 9.17) is 0 Å². The molecule has 2 aromatic carbocycles. The van der Waals surface area contributed by atoms with Gasteiger partial charge in [0.25, 0.3) is 0 Å². The first kappa shape index (κ1) is 15.3. The first-order chi connectivity index (χ1) is 9.55. The topological polar surface area (TPSA) is 0 Å². The standard InChI is InChI=1S/C19H23Br/c1-5-15-7-8-17(12-16(15)6-2)19(20)18-10-13(3)9-14(4)11-18/h7-12,19H,5-6H2,1-4H3. The molecule has 1 heteroatoms. The molecular weight excluding hydrogens is 308 g/mol. The molecule has 1 unspecified atom stereocenters. The molecule has 0 N–H and O–H groups in total. The van der Waals surface area contributed by atoms with Crippen LogP contribution in [0.3, 0.4) is 0 Å². The summed E-state index contributed by atoms with van der Waals surface area (Å²) >= 11 is 3.87. The van der Waals surface area contributed by atoms with Gasteiger partial charge in [-0.3, -0.25) is 0 Å². The summed E-state index contributed by atoms with van der Waals surface area (Å²) in [5.74, 6) is 0. The van der Waals surface area contributed by atoms with Crippen LogP contribution in [0, 0.1) is 13.8 Å². The van der Waals surface area contributed by atoms with Gasteiger partial charge in [-0.15, -0.1) is 0 Å². The summed E-state index contributed by atoms with van der Waals surface area (Å²) in [6, 6.07) is 13.7. The van der Waals surface area contributed by atoms with Crippen LogP contribution in [0.2, 0.25) is 0 Å². The molecule has 1 atom stereocenters. The lowest BCUT2D eigenvalue weighted by Crippen LogP contribution is -1.98. The Bertz CT molecular complexity index is 578. The van der Waals surface area contributed by atoms with E-state index in [2.05, 4.69) is 80.0 Å². The zero-order valence-electron chi connectivity index (χ0n) is 12.8. The fourth-order valence-corrected chi connectivity index (χ4v) is 3.38. The number of rotatable bonds is 4. The molecule has 0 spiro atoms. The maximum atomic E-state index is 3.87. The van der Waals surface area contributed by atoms with Gasteiger partial charge in [0.1, 0.15) is 0 Å². The second-order valence-corrected chi connectivity index (χ2v) is 6.43. The van der Waals surface area contributed by atoms with E-state index in [-0.39, 0.29) is 4.83 Å². The van der Waals surface area contributed by atoms with E-state index in [1.54, 1.807) is 0 Å². The number of benzene rings is 2.